The number of nitrogens with one attached hydrogen (secondary N) is 2. The molecule has 2 N–H and O–H groups in total. The van der Waals surface area contributed by atoms with Crippen molar-refractivity contribution in [1.82, 2.24) is 4.72 Å². The van der Waals surface area contributed by atoms with Crippen molar-refractivity contribution >= 4 is 49.3 Å². The van der Waals surface area contributed by atoms with Gasteiger partial charge in [-0.2, -0.15) is 11.8 Å². The zero-order valence-electron chi connectivity index (χ0n) is 12.8. The molecule has 1 aromatic carbocycles. The van der Waals surface area contributed by atoms with E-state index in [0.29, 0.717) is 17.9 Å². The Bertz CT molecular complexity index is 621. The molecule has 0 aromatic heterocycles. The van der Waals surface area contributed by atoms with Gasteiger partial charge in [0, 0.05) is 10.2 Å². The Morgan fingerprint density at radius 3 is 2.64 bits per heavy atom. The second kappa shape index (κ2) is 8.90. The Balaban J connectivity index is 2.86. The van der Waals surface area contributed by atoms with Crippen LogP contribution in [-0.4, -0.2) is 38.1 Å². The van der Waals surface area contributed by atoms with Gasteiger partial charge in [-0.15, -0.1) is 0 Å². The maximum atomic E-state index is 12.4. The first-order valence-electron chi connectivity index (χ1n) is 6.85. The van der Waals surface area contributed by atoms with Gasteiger partial charge in [-0.05, 0) is 56.0 Å². The molecular formula is C14H21BrN2O3S2. The predicted octanol–water partition coefficient (Wildman–Crippen LogP) is 2.76. The molecule has 1 rings (SSSR count). The molecule has 8 heteroatoms. The fourth-order valence-corrected chi connectivity index (χ4v) is 3.54. The molecule has 0 heterocycles. The normalized spacial score (nSPS) is 12.9. The third-order valence-electron chi connectivity index (χ3n) is 3.08. The Kier molecular flexibility index (Phi) is 7.88. The molecule has 1 amide bonds. The Hall–Kier alpha value is -0.570. The van der Waals surface area contributed by atoms with E-state index in [1.165, 1.54) is 0 Å². The summed E-state index contributed by atoms with van der Waals surface area (Å²) in [5.74, 6) is 0.313. The summed E-state index contributed by atoms with van der Waals surface area (Å²) in [6.07, 6.45) is 2.37. The molecular weight excluding hydrogens is 388 g/mol. The topological polar surface area (TPSA) is 75.3 Å². The number of anilines is 1. The SMILES string of the molecule is CCS(=O)(=O)NC(CCSC)C(=O)Nc1ccc(Br)cc1C. The van der Waals surface area contributed by atoms with Crippen molar-refractivity contribution < 1.29 is 13.2 Å². The van der Waals surface area contributed by atoms with E-state index >= 15 is 0 Å². The zero-order chi connectivity index (χ0) is 16.8. The molecule has 0 aliphatic carbocycles. The lowest BCUT2D eigenvalue weighted by Gasteiger charge is -2.18. The van der Waals surface area contributed by atoms with E-state index in [4.69, 9.17) is 0 Å². The van der Waals surface area contributed by atoms with Gasteiger partial charge < -0.3 is 5.32 Å². The largest absolute Gasteiger partial charge is 0.324 e. The van der Waals surface area contributed by atoms with Gasteiger partial charge in [0.25, 0.3) is 0 Å². The van der Waals surface area contributed by atoms with Crippen LogP contribution in [0.5, 0.6) is 0 Å². The Morgan fingerprint density at radius 1 is 1.41 bits per heavy atom. The third-order valence-corrected chi connectivity index (χ3v) is 5.62. The van der Waals surface area contributed by atoms with Crippen LogP contribution in [0.2, 0.25) is 0 Å². The summed E-state index contributed by atoms with van der Waals surface area (Å²) in [6.45, 7) is 3.43. The number of halogens is 1. The van der Waals surface area contributed by atoms with Crippen molar-refractivity contribution in [3.05, 3.63) is 28.2 Å². The number of hydrogen-bond donors (Lipinski definition) is 2. The van der Waals surface area contributed by atoms with E-state index in [0.717, 1.165) is 10.0 Å². The van der Waals surface area contributed by atoms with Crippen LogP contribution in [-0.2, 0) is 14.8 Å². The van der Waals surface area contributed by atoms with E-state index in [9.17, 15) is 13.2 Å². The number of amides is 1. The zero-order valence-corrected chi connectivity index (χ0v) is 16.1. The van der Waals surface area contributed by atoms with Crippen molar-refractivity contribution in [3.8, 4) is 0 Å². The van der Waals surface area contributed by atoms with Crippen molar-refractivity contribution in [2.45, 2.75) is 26.3 Å². The Morgan fingerprint density at radius 2 is 2.09 bits per heavy atom. The fourth-order valence-electron chi connectivity index (χ4n) is 1.77. The molecule has 0 radical (unpaired) electrons. The number of aryl methyl sites for hydroxylation is 1. The van der Waals surface area contributed by atoms with Crippen LogP contribution in [0.1, 0.15) is 18.9 Å². The van der Waals surface area contributed by atoms with E-state index in [1.807, 2.05) is 25.3 Å². The third kappa shape index (κ3) is 6.28. The van der Waals surface area contributed by atoms with Gasteiger partial charge in [0.15, 0.2) is 0 Å². The summed E-state index contributed by atoms with van der Waals surface area (Å²) in [7, 11) is -3.43. The summed E-state index contributed by atoms with van der Waals surface area (Å²) in [6, 6.07) is 4.75. The quantitative estimate of drug-likeness (QED) is 0.693. The minimum Gasteiger partial charge on any atom is -0.324 e. The highest BCUT2D eigenvalue weighted by molar-refractivity contribution is 9.10. The summed E-state index contributed by atoms with van der Waals surface area (Å²) in [4.78, 5) is 12.4. The molecule has 124 valence electrons. The van der Waals surface area contributed by atoms with Crippen LogP contribution in [0.25, 0.3) is 0 Å². The summed E-state index contributed by atoms with van der Waals surface area (Å²) in [5.41, 5.74) is 1.59. The van der Waals surface area contributed by atoms with E-state index in [2.05, 4.69) is 26.0 Å². The lowest BCUT2D eigenvalue weighted by atomic mass is 10.1. The van der Waals surface area contributed by atoms with Crippen LogP contribution in [0.3, 0.4) is 0 Å². The van der Waals surface area contributed by atoms with E-state index in [-0.39, 0.29) is 11.7 Å². The lowest BCUT2D eigenvalue weighted by Crippen LogP contribution is -2.44. The van der Waals surface area contributed by atoms with Gasteiger partial charge in [0.1, 0.15) is 6.04 Å². The van der Waals surface area contributed by atoms with E-state index < -0.39 is 16.1 Å². The molecule has 0 saturated heterocycles. The van der Waals surface area contributed by atoms with Gasteiger partial charge in [0.05, 0.1) is 5.75 Å². The molecule has 0 bridgehead atoms. The smallest absolute Gasteiger partial charge is 0.242 e. The molecule has 1 aromatic rings. The summed E-state index contributed by atoms with van der Waals surface area (Å²) >= 11 is 4.94. The maximum Gasteiger partial charge on any atom is 0.242 e. The molecule has 1 atom stereocenters. The fraction of sp³-hybridized carbons (Fsp3) is 0.500. The number of hydrogen-bond acceptors (Lipinski definition) is 4. The van der Waals surface area contributed by atoms with Crippen molar-refractivity contribution in [1.29, 1.82) is 0 Å². The standard InChI is InChI=1S/C14H21BrN2O3S2/c1-4-22(19,20)17-13(7-8-21-3)14(18)16-12-6-5-11(15)9-10(12)2/h5-6,9,13,17H,4,7-8H2,1-3H3,(H,16,18). The van der Waals surface area contributed by atoms with Gasteiger partial charge in [-0.25, -0.2) is 13.1 Å². The number of carbonyl (C=O) groups excluding carboxylic acids is 1. The van der Waals surface area contributed by atoms with Gasteiger partial charge in [-0.1, -0.05) is 15.9 Å². The minimum atomic E-state index is -3.43. The number of benzene rings is 1. The van der Waals surface area contributed by atoms with Gasteiger partial charge in [-0.3, -0.25) is 4.79 Å². The van der Waals surface area contributed by atoms with Crippen molar-refractivity contribution in [3.63, 3.8) is 0 Å². The molecule has 0 fully saturated rings. The second-order valence-corrected chi connectivity index (χ2v) is 8.75. The molecule has 1 unspecified atom stereocenters. The van der Waals surface area contributed by atoms with Crippen LogP contribution >= 0.6 is 27.7 Å². The predicted molar refractivity (Wildman–Crippen MR) is 96.9 cm³/mol. The Labute approximate surface area is 144 Å². The van der Waals surface area contributed by atoms with Crippen LogP contribution < -0.4 is 10.0 Å². The second-order valence-electron chi connectivity index (χ2n) is 4.80. The first kappa shape index (κ1) is 19.5. The van der Waals surface area contributed by atoms with Crippen molar-refractivity contribution in [2.75, 3.05) is 23.1 Å². The molecule has 0 aliphatic heterocycles. The average Bonchev–Trinajstić information content (AvgIpc) is 2.46. The van der Waals surface area contributed by atoms with Crippen LogP contribution in [0.4, 0.5) is 5.69 Å². The van der Waals surface area contributed by atoms with E-state index in [1.54, 1.807) is 24.8 Å². The highest BCUT2D eigenvalue weighted by Crippen LogP contribution is 2.20. The maximum absolute atomic E-state index is 12.4. The molecule has 5 nitrogen and oxygen atoms in total. The number of thioether (sulfide) groups is 1. The number of sulfonamides is 1. The first-order valence-corrected chi connectivity index (χ1v) is 10.7. The van der Waals surface area contributed by atoms with Crippen LogP contribution in [0.15, 0.2) is 22.7 Å². The first-order chi connectivity index (χ1) is 10.3. The number of carbonyl (C=O) groups is 1. The molecule has 0 spiro atoms. The highest BCUT2D eigenvalue weighted by atomic mass is 79.9. The molecule has 0 aliphatic rings. The van der Waals surface area contributed by atoms with Crippen LogP contribution in [0, 0.1) is 6.92 Å². The van der Waals surface area contributed by atoms with Gasteiger partial charge in [0.2, 0.25) is 15.9 Å². The average molecular weight is 409 g/mol. The minimum absolute atomic E-state index is 0.0483. The number of rotatable bonds is 8. The highest BCUT2D eigenvalue weighted by Gasteiger charge is 2.23. The molecule has 22 heavy (non-hydrogen) atoms. The summed E-state index contributed by atoms with van der Waals surface area (Å²) < 4.78 is 26.9. The van der Waals surface area contributed by atoms with Gasteiger partial charge >= 0.3 is 0 Å². The molecule has 0 saturated carbocycles. The monoisotopic (exact) mass is 408 g/mol. The van der Waals surface area contributed by atoms with Crippen molar-refractivity contribution in [2.24, 2.45) is 0 Å². The lowest BCUT2D eigenvalue weighted by molar-refractivity contribution is -0.117. The summed E-state index contributed by atoms with van der Waals surface area (Å²) in [5, 5.41) is 2.80.